The van der Waals surface area contributed by atoms with E-state index in [2.05, 4.69) is 13.2 Å². The predicted octanol–water partition coefficient (Wildman–Crippen LogP) is 2.20. The molecule has 0 spiro atoms. The molecule has 1 unspecified atom stereocenters. The van der Waals surface area contributed by atoms with Crippen molar-refractivity contribution < 1.29 is 5.11 Å². The highest BCUT2D eigenvalue weighted by atomic mass is 16.3. The van der Waals surface area contributed by atoms with Gasteiger partial charge in [-0.2, -0.15) is 0 Å². The lowest BCUT2D eigenvalue weighted by atomic mass is 9.83. The first kappa shape index (κ1) is 8.28. The Morgan fingerprint density at radius 3 is 2.73 bits per heavy atom. The van der Waals surface area contributed by atoms with E-state index in [1.165, 1.54) is 0 Å². The second-order valence-corrected chi connectivity index (χ2v) is 2.88. The van der Waals surface area contributed by atoms with Crippen LogP contribution in [0.2, 0.25) is 0 Å². The molecule has 0 aromatic carbocycles. The van der Waals surface area contributed by atoms with Crippen LogP contribution in [0, 0.1) is 0 Å². The maximum atomic E-state index is 9.88. The van der Waals surface area contributed by atoms with Crippen molar-refractivity contribution in [3.63, 3.8) is 0 Å². The number of rotatable bonds is 2. The van der Waals surface area contributed by atoms with E-state index in [-0.39, 0.29) is 0 Å². The van der Waals surface area contributed by atoms with Crippen molar-refractivity contribution in [3.8, 4) is 0 Å². The van der Waals surface area contributed by atoms with Crippen LogP contribution in [0.4, 0.5) is 0 Å². The molecule has 0 radical (unpaired) electrons. The lowest BCUT2D eigenvalue weighted by molar-refractivity contribution is 0.116. The van der Waals surface area contributed by atoms with E-state index in [1.54, 1.807) is 12.2 Å². The molecule has 11 heavy (non-hydrogen) atoms. The van der Waals surface area contributed by atoms with E-state index in [9.17, 15) is 5.11 Å². The van der Waals surface area contributed by atoms with Gasteiger partial charge in [-0.1, -0.05) is 31.4 Å². The summed E-state index contributed by atoms with van der Waals surface area (Å²) in [6, 6.07) is 0. The fourth-order valence-corrected chi connectivity index (χ4v) is 1.43. The summed E-state index contributed by atoms with van der Waals surface area (Å²) in [5.41, 5.74) is 0.0961. The van der Waals surface area contributed by atoms with Gasteiger partial charge in [-0.3, -0.25) is 0 Å². The summed E-state index contributed by atoms with van der Waals surface area (Å²) < 4.78 is 0. The van der Waals surface area contributed by atoms with Crippen LogP contribution >= 0.6 is 0 Å². The van der Waals surface area contributed by atoms with E-state index in [4.69, 9.17) is 0 Å². The molecular formula is C10H14O. The first-order valence-electron chi connectivity index (χ1n) is 3.92. The van der Waals surface area contributed by atoms with Gasteiger partial charge in [0, 0.05) is 0 Å². The van der Waals surface area contributed by atoms with Crippen molar-refractivity contribution in [3.05, 3.63) is 37.0 Å². The molecule has 1 rings (SSSR count). The highest BCUT2D eigenvalue weighted by Crippen LogP contribution is 2.30. The Labute approximate surface area is 67.7 Å². The smallest absolute Gasteiger partial charge is 0.107 e. The minimum atomic E-state index is -0.806. The Kier molecular flexibility index (Phi) is 2.30. The molecular weight excluding hydrogens is 136 g/mol. The maximum absolute atomic E-state index is 9.88. The Balaban J connectivity index is 2.93. The first-order valence-corrected chi connectivity index (χ1v) is 3.92. The Morgan fingerprint density at radius 2 is 2.27 bits per heavy atom. The molecule has 0 saturated carbocycles. The fourth-order valence-electron chi connectivity index (χ4n) is 1.43. The topological polar surface area (TPSA) is 20.2 Å². The molecule has 60 valence electrons. The average molecular weight is 150 g/mol. The summed E-state index contributed by atoms with van der Waals surface area (Å²) in [6.07, 6.45) is 8.17. The minimum Gasteiger partial charge on any atom is -0.381 e. The number of aliphatic hydroxyl groups is 1. The lowest BCUT2D eigenvalue weighted by Crippen LogP contribution is -2.29. The second kappa shape index (κ2) is 3.05. The van der Waals surface area contributed by atoms with Crippen molar-refractivity contribution in [2.24, 2.45) is 0 Å². The van der Waals surface area contributed by atoms with Gasteiger partial charge in [0.1, 0.15) is 5.60 Å². The molecule has 1 aliphatic carbocycles. The van der Waals surface area contributed by atoms with Crippen LogP contribution in [0.25, 0.3) is 0 Å². The third-order valence-electron chi connectivity index (χ3n) is 2.18. The van der Waals surface area contributed by atoms with Crippen LogP contribution in [0.3, 0.4) is 0 Å². The van der Waals surface area contributed by atoms with E-state index in [0.717, 1.165) is 24.8 Å². The van der Waals surface area contributed by atoms with Gasteiger partial charge in [-0.15, -0.1) is 0 Å². The molecule has 0 aliphatic heterocycles. The molecule has 0 saturated heterocycles. The van der Waals surface area contributed by atoms with E-state index < -0.39 is 5.60 Å². The van der Waals surface area contributed by atoms with Crippen LogP contribution in [-0.2, 0) is 0 Å². The molecule has 0 amide bonds. The molecule has 1 heteroatoms. The highest BCUT2D eigenvalue weighted by molar-refractivity contribution is 5.33. The summed E-state index contributed by atoms with van der Waals surface area (Å²) in [7, 11) is 0. The van der Waals surface area contributed by atoms with Gasteiger partial charge in [0.15, 0.2) is 0 Å². The third kappa shape index (κ3) is 1.43. The zero-order valence-corrected chi connectivity index (χ0v) is 6.71. The van der Waals surface area contributed by atoms with Crippen molar-refractivity contribution in [2.45, 2.75) is 24.9 Å². The summed E-state index contributed by atoms with van der Waals surface area (Å²) in [5, 5.41) is 9.88. The third-order valence-corrected chi connectivity index (χ3v) is 2.18. The lowest BCUT2D eigenvalue weighted by Gasteiger charge is -2.29. The quantitative estimate of drug-likeness (QED) is 0.598. The predicted molar refractivity (Wildman–Crippen MR) is 47.3 cm³/mol. The van der Waals surface area contributed by atoms with Crippen molar-refractivity contribution in [1.29, 1.82) is 0 Å². The van der Waals surface area contributed by atoms with Gasteiger partial charge < -0.3 is 5.11 Å². The van der Waals surface area contributed by atoms with Crippen molar-refractivity contribution in [1.82, 2.24) is 0 Å². The zero-order chi connectivity index (χ0) is 8.32. The molecule has 1 nitrogen and oxygen atoms in total. The van der Waals surface area contributed by atoms with Crippen molar-refractivity contribution >= 4 is 0 Å². The molecule has 1 N–H and O–H groups in total. The SMILES string of the molecule is C=CC1=CCCCC1(O)C=C. The minimum absolute atomic E-state index is 0.772. The second-order valence-electron chi connectivity index (χ2n) is 2.88. The van der Waals surface area contributed by atoms with E-state index >= 15 is 0 Å². The summed E-state index contributed by atoms with van der Waals surface area (Å²) >= 11 is 0. The highest BCUT2D eigenvalue weighted by Gasteiger charge is 2.27. The maximum Gasteiger partial charge on any atom is 0.107 e. The molecule has 0 bridgehead atoms. The number of hydrogen-bond donors (Lipinski definition) is 1. The van der Waals surface area contributed by atoms with Crippen LogP contribution in [0.1, 0.15) is 19.3 Å². The Morgan fingerprint density at radius 1 is 1.55 bits per heavy atom. The van der Waals surface area contributed by atoms with Gasteiger partial charge in [0.05, 0.1) is 0 Å². The van der Waals surface area contributed by atoms with Gasteiger partial charge >= 0.3 is 0 Å². The monoisotopic (exact) mass is 150 g/mol. The normalized spacial score (nSPS) is 30.8. The molecule has 0 fully saturated rings. The van der Waals surface area contributed by atoms with Crippen LogP contribution < -0.4 is 0 Å². The number of allylic oxidation sites excluding steroid dienone is 1. The van der Waals surface area contributed by atoms with Crippen molar-refractivity contribution in [2.75, 3.05) is 0 Å². The van der Waals surface area contributed by atoms with Gasteiger partial charge in [-0.25, -0.2) is 0 Å². The van der Waals surface area contributed by atoms with Gasteiger partial charge in [0.2, 0.25) is 0 Å². The standard InChI is InChI=1S/C10H14O/c1-3-9-7-5-6-8-10(9,11)4-2/h3-4,7,11H,1-2,5-6,8H2. The summed E-state index contributed by atoms with van der Waals surface area (Å²) in [6.45, 7) is 7.27. The summed E-state index contributed by atoms with van der Waals surface area (Å²) in [4.78, 5) is 0. The van der Waals surface area contributed by atoms with Crippen LogP contribution in [-0.4, -0.2) is 10.7 Å². The largest absolute Gasteiger partial charge is 0.381 e. The Bertz CT molecular complexity index is 203. The first-order chi connectivity index (χ1) is 5.23. The molecule has 1 aliphatic rings. The van der Waals surface area contributed by atoms with Gasteiger partial charge in [-0.05, 0) is 24.8 Å². The fraction of sp³-hybridized carbons (Fsp3) is 0.400. The van der Waals surface area contributed by atoms with E-state index in [0.29, 0.717) is 0 Å². The average Bonchev–Trinajstić information content (AvgIpc) is 2.05. The molecule has 0 aromatic rings. The molecule has 0 aromatic heterocycles. The summed E-state index contributed by atoms with van der Waals surface area (Å²) in [5.74, 6) is 0. The van der Waals surface area contributed by atoms with E-state index in [1.807, 2.05) is 6.08 Å². The van der Waals surface area contributed by atoms with Crippen LogP contribution in [0.5, 0.6) is 0 Å². The van der Waals surface area contributed by atoms with Crippen LogP contribution in [0.15, 0.2) is 37.0 Å². The number of hydrogen-bond acceptors (Lipinski definition) is 1. The zero-order valence-electron chi connectivity index (χ0n) is 6.71. The van der Waals surface area contributed by atoms with Gasteiger partial charge in [0.25, 0.3) is 0 Å². The molecule has 0 heterocycles. The molecule has 1 atom stereocenters. The Hall–Kier alpha value is -0.820.